The van der Waals surface area contributed by atoms with Gasteiger partial charge in [-0.15, -0.1) is 0 Å². The number of alkyl halides is 3. The summed E-state index contributed by atoms with van der Waals surface area (Å²) >= 11 is 0. The molecule has 0 aliphatic heterocycles. The van der Waals surface area contributed by atoms with Crippen LogP contribution in [0.2, 0.25) is 0 Å². The third-order valence-corrected chi connectivity index (χ3v) is 2.98. The number of carbonyl (C=O) groups is 2. The van der Waals surface area contributed by atoms with Gasteiger partial charge in [0.15, 0.2) is 0 Å². The number of hydrazone groups is 1. The first-order chi connectivity index (χ1) is 10.1. The molecule has 0 saturated carbocycles. The van der Waals surface area contributed by atoms with Crippen molar-refractivity contribution in [2.75, 3.05) is 7.05 Å². The molecule has 2 amide bonds. The molecule has 0 fully saturated rings. The Kier molecular flexibility index (Phi) is 8.15. The van der Waals surface area contributed by atoms with Gasteiger partial charge in [-0.1, -0.05) is 20.3 Å². The van der Waals surface area contributed by atoms with Crippen LogP contribution in [-0.2, 0) is 9.59 Å². The lowest BCUT2D eigenvalue weighted by atomic mass is 9.98. The van der Waals surface area contributed by atoms with Gasteiger partial charge in [0.2, 0.25) is 0 Å². The van der Waals surface area contributed by atoms with E-state index in [0.717, 1.165) is 5.01 Å². The number of unbranched alkanes of at least 4 members (excludes halogenated alkanes) is 1. The number of hydrogen-bond acceptors (Lipinski definition) is 4. The van der Waals surface area contributed by atoms with E-state index < -0.39 is 30.0 Å². The fourth-order valence-corrected chi connectivity index (χ4v) is 1.47. The minimum atomic E-state index is -5.05. The lowest BCUT2D eigenvalue weighted by Gasteiger charge is -2.26. The summed E-state index contributed by atoms with van der Waals surface area (Å²) in [6.45, 7) is 3.26. The Balaban J connectivity index is 4.96. The van der Waals surface area contributed by atoms with Gasteiger partial charge >= 0.3 is 12.1 Å². The van der Waals surface area contributed by atoms with Crippen molar-refractivity contribution in [1.29, 1.82) is 5.26 Å². The van der Waals surface area contributed by atoms with Crippen LogP contribution in [0, 0.1) is 17.2 Å². The molecule has 0 heterocycles. The average Bonchev–Trinajstić information content (AvgIpc) is 2.46. The monoisotopic (exact) mass is 320 g/mol. The molecule has 0 spiro atoms. The number of carbonyl (C=O) groups excluding carboxylic acids is 2. The van der Waals surface area contributed by atoms with Crippen molar-refractivity contribution < 1.29 is 22.8 Å². The third kappa shape index (κ3) is 6.56. The predicted octanol–water partition coefficient (Wildman–Crippen LogP) is 1.83. The van der Waals surface area contributed by atoms with E-state index in [1.807, 2.05) is 6.07 Å². The van der Waals surface area contributed by atoms with Crippen LogP contribution in [-0.4, -0.2) is 42.3 Å². The van der Waals surface area contributed by atoms with Crippen LogP contribution >= 0.6 is 0 Å². The van der Waals surface area contributed by atoms with Crippen molar-refractivity contribution in [3.63, 3.8) is 0 Å². The molecule has 0 rings (SSSR count). The molecule has 0 aliphatic carbocycles. The Morgan fingerprint density at radius 3 is 2.50 bits per heavy atom. The van der Waals surface area contributed by atoms with Crippen LogP contribution in [0.25, 0.3) is 0 Å². The van der Waals surface area contributed by atoms with Crippen molar-refractivity contribution in [2.24, 2.45) is 11.0 Å². The second-order valence-corrected chi connectivity index (χ2v) is 4.69. The van der Waals surface area contributed by atoms with Crippen molar-refractivity contribution in [3.8, 4) is 6.07 Å². The topological polar surface area (TPSA) is 85.6 Å². The van der Waals surface area contributed by atoms with Crippen LogP contribution in [0.1, 0.15) is 33.1 Å². The molecule has 0 aromatic heterocycles. The van der Waals surface area contributed by atoms with E-state index in [9.17, 15) is 22.8 Å². The second-order valence-electron chi connectivity index (χ2n) is 4.69. The number of halogens is 3. The molecule has 9 heteroatoms. The highest BCUT2D eigenvalue weighted by Crippen LogP contribution is 2.17. The first-order valence-corrected chi connectivity index (χ1v) is 6.69. The van der Waals surface area contributed by atoms with E-state index in [1.54, 1.807) is 19.2 Å². The number of hydrogen-bond donors (Lipinski definition) is 1. The summed E-state index contributed by atoms with van der Waals surface area (Å²) < 4.78 is 37.0. The highest BCUT2D eigenvalue weighted by atomic mass is 19.4. The van der Waals surface area contributed by atoms with Crippen LogP contribution in [0.15, 0.2) is 5.10 Å². The summed E-state index contributed by atoms with van der Waals surface area (Å²) in [7, 11) is 1.28. The summed E-state index contributed by atoms with van der Waals surface area (Å²) in [6.07, 6.45) is -2.80. The minimum Gasteiger partial charge on any atom is -0.336 e. The van der Waals surface area contributed by atoms with Crippen molar-refractivity contribution in [2.45, 2.75) is 45.3 Å². The maximum absolute atomic E-state index is 12.3. The fraction of sp³-hybridized carbons (Fsp3) is 0.692. The first kappa shape index (κ1) is 19.9. The number of likely N-dealkylation sites (N-methyl/N-ethyl adjacent to an activating group) is 1. The standard InChI is InChI=1S/C13H19F3N4O2/c1-4-9(2)10(19-12(22)13(14,15)16)11(21)20(3)18-8-6-5-7-17/h8-10H,4-6H2,1-3H3,(H,19,22)/b18-8-/t9-,10+/m1/s1. The van der Waals surface area contributed by atoms with E-state index in [4.69, 9.17) is 5.26 Å². The zero-order chi connectivity index (χ0) is 17.3. The highest BCUT2D eigenvalue weighted by molar-refractivity contribution is 5.90. The van der Waals surface area contributed by atoms with Gasteiger partial charge in [-0.3, -0.25) is 9.59 Å². The van der Waals surface area contributed by atoms with Crippen molar-refractivity contribution >= 4 is 18.0 Å². The molecule has 0 aromatic rings. The lowest BCUT2D eigenvalue weighted by molar-refractivity contribution is -0.175. The smallest absolute Gasteiger partial charge is 0.336 e. The van der Waals surface area contributed by atoms with Gasteiger partial charge in [0.05, 0.1) is 6.07 Å². The Bertz CT molecular complexity index is 457. The van der Waals surface area contributed by atoms with Gasteiger partial charge in [0.1, 0.15) is 6.04 Å². The van der Waals surface area contributed by atoms with E-state index >= 15 is 0 Å². The molecule has 124 valence electrons. The maximum Gasteiger partial charge on any atom is 0.471 e. The largest absolute Gasteiger partial charge is 0.471 e. The molecule has 0 radical (unpaired) electrons. The molecule has 0 unspecified atom stereocenters. The van der Waals surface area contributed by atoms with Crippen molar-refractivity contribution in [3.05, 3.63) is 0 Å². The third-order valence-electron chi connectivity index (χ3n) is 2.98. The van der Waals surface area contributed by atoms with Gasteiger partial charge in [0.25, 0.3) is 5.91 Å². The zero-order valence-electron chi connectivity index (χ0n) is 12.6. The average molecular weight is 320 g/mol. The Hall–Kier alpha value is -2.11. The maximum atomic E-state index is 12.3. The number of nitriles is 1. The number of amides is 2. The van der Waals surface area contributed by atoms with E-state index in [2.05, 4.69) is 5.10 Å². The molecular weight excluding hydrogens is 301 g/mol. The predicted molar refractivity (Wildman–Crippen MR) is 73.5 cm³/mol. The van der Waals surface area contributed by atoms with E-state index in [1.165, 1.54) is 13.3 Å². The Labute approximate surface area is 127 Å². The van der Waals surface area contributed by atoms with E-state index in [0.29, 0.717) is 12.8 Å². The molecule has 22 heavy (non-hydrogen) atoms. The molecular formula is C13H19F3N4O2. The van der Waals surface area contributed by atoms with Gasteiger partial charge in [-0.2, -0.15) is 23.5 Å². The summed E-state index contributed by atoms with van der Waals surface area (Å²) in [4.78, 5) is 23.2. The second kappa shape index (κ2) is 9.02. The summed E-state index contributed by atoms with van der Waals surface area (Å²) in [5.74, 6) is -3.40. The summed E-state index contributed by atoms with van der Waals surface area (Å²) in [6, 6.07) is 0.565. The molecule has 0 saturated heterocycles. The summed E-state index contributed by atoms with van der Waals surface area (Å²) in [5, 5.41) is 14.7. The number of rotatable bonds is 7. The van der Waals surface area contributed by atoms with E-state index in [-0.39, 0.29) is 6.42 Å². The molecule has 0 aromatic carbocycles. The highest BCUT2D eigenvalue weighted by Gasteiger charge is 2.42. The normalized spacial score (nSPS) is 14.2. The molecule has 1 N–H and O–H groups in total. The van der Waals surface area contributed by atoms with Crippen LogP contribution in [0.3, 0.4) is 0 Å². The SMILES string of the molecule is CC[C@@H](C)[C@H](NC(=O)C(F)(F)F)C(=O)N(C)/N=C\CCC#N. The lowest BCUT2D eigenvalue weighted by Crippen LogP contribution is -2.52. The van der Waals surface area contributed by atoms with Gasteiger partial charge < -0.3 is 5.32 Å². The summed E-state index contributed by atoms with van der Waals surface area (Å²) in [5.41, 5.74) is 0. The first-order valence-electron chi connectivity index (χ1n) is 6.69. The number of nitrogens with zero attached hydrogens (tertiary/aromatic N) is 3. The Morgan fingerprint density at radius 2 is 2.05 bits per heavy atom. The molecule has 0 aliphatic rings. The minimum absolute atomic E-state index is 0.213. The van der Waals surface area contributed by atoms with Crippen molar-refractivity contribution in [1.82, 2.24) is 10.3 Å². The molecule has 2 atom stereocenters. The molecule has 6 nitrogen and oxygen atoms in total. The van der Waals surface area contributed by atoms with Gasteiger partial charge in [-0.05, 0) is 12.3 Å². The van der Waals surface area contributed by atoms with Crippen LogP contribution < -0.4 is 5.32 Å². The fourth-order valence-electron chi connectivity index (χ4n) is 1.47. The van der Waals surface area contributed by atoms with Crippen LogP contribution in [0.4, 0.5) is 13.2 Å². The van der Waals surface area contributed by atoms with Gasteiger partial charge in [-0.25, -0.2) is 5.01 Å². The van der Waals surface area contributed by atoms with Crippen LogP contribution in [0.5, 0.6) is 0 Å². The molecule has 0 bridgehead atoms. The zero-order valence-corrected chi connectivity index (χ0v) is 12.6. The Morgan fingerprint density at radius 1 is 1.45 bits per heavy atom. The quantitative estimate of drug-likeness (QED) is 0.441. The number of nitrogens with one attached hydrogen (secondary N) is 1. The van der Waals surface area contributed by atoms with Gasteiger partial charge in [0, 0.05) is 19.7 Å².